The third-order valence-electron chi connectivity index (χ3n) is 3.66. The largest absolute Gasteiger partial charge is 0.462 e. The molecule has 1 aromatic heterocycles. The fourth-order valence-corrected chi connectivity index (χ4v) is 3.69. The zero-order chi connectivity index (χ0) is 19.9. The van der Waals surface area contributed by atoms with Gasteiger partial charge in [0.05, 0.1) is 12.2 Å². The third kappa shape index (κ3) is 3.26. The number of halogens is 7. The Morgan fingerprint density at radius 3 is 2.27 bits per heavy atom. The summed E-state index contributed by atoms with van der Waals surface area (Å²) in [6.45, 7) is 1.37. The average molecular weight is 407 g/mol. The summed E-state index contributed by atoms with van der Waals surface area (Å²) in [4.78, 5) is 24.0. The van der Waals surface area contributed by atoms with E-state index in [-0.39, 0.29) is 12.2 Å². The molecular weight excluding hydrogens is 395 g/mol. The number of carbonyl (C=O) groups excluding carboxylic acids is 2. The Morgan fingerprint density at radius 1 is 1.12 bits per heavy atom. The predicted octanol–water partition coefficient (Wildman–Crippen LogP) is 4.18. The lowest BCUT2D eigenvalue weighted by molar-refractivity contribution is -0.343. The van der Waals surface area contributed by atoms with Crippen molar-refractivity contribution in [3.8, 4) is 0 Å². The molecule has 1 N–H and O–H groups in total. The molecule has 1 heterocycles. The van der Waals surface area contributed by atoms with Crippen LogP contribution in [0.15, 0.2) is 0 Å². The van der Waals surface area contributed by atoms with Gasteiger partial charge >= 0.3 is 29.9 Å². The molecule has 0 aliphatic heterocycles. The number of esters is 1. The summed E-state index contributed by atoms with van der Waals surface area (Å²) in [6.07, 6.45) is -5.17. The van der Waals surface area contributed by atoms with Crippen LogP contribution in [0.4, 0.5) is 35.7 Å². The molecule has 146 valence electrons. The fourth-order valence-electron chi connectivity index (χ4n) is 2.41. The molecule has 0 saturated heterocycles. The van der Waals surface area contributed by atoms with Crippen molar-refractivity contribution in [3.63, 3.8) is 0 Å². The molecule has 1 aliphatic rings. The molecule has 0 saturated carbocycles. The molecular formula is C14H12F7NO3S. The second-order valence-electron chi connectivity index (χ2n) is 5.38. The topological polar surface area (TPSA) is 55.4 Å². The molecule has 0 bridgehead atoms. The highest BCUT2D eigenvalue weighted by atomic mass is 32.1. The van der Waals surface area contributed by atoms with Gasteiger partial charge < -0.3 is 10.1 Å². The number of hydrogen-bond donors (Lipinski definition) is 1. The number of hydrogen-bond acceptors (Lipinski definition) is 4. The Labute approximate surface area is 146 Å². The second-order valence-corrected chi connectivity index (χ2v) is 6.49. The maximum absolute atomic E-state index is 13.5. The summed E-state index contributed by atoms with van der Waals surface area (Å²) >= 11 is 0.673. The minimum absolute atomic E-state index is 0.0842. The molecule has 2 rings (SSSR count). The number of anilines is 1. The Kier molecular flexibility index (Phi) is 5.28. The summed E-state index contributed by atoms with van der Waals surface area (Å²) < 4.78 is 94.2. The zero-order valence-corrected chi connectivity index (χ0v) is 13.9. The highest BCUT2D eigenvalue weighted by molar-refractivity contribution is 7.17. The highest BCUT2D eigenvalue weighted by Gasteiger charge is 2.76. The third-order valence-corrected chi connectivity index (χ3v) is 4.87. The Hall–Kier alpha value is -1.85. The molecule has 0 atom stereocenters. The van der Waals surface area contributed by atoms with Gasteiger partial charge in [-0.25, -0.2) is 4.79 Å². The number of aryl methyl sites for hydroxylation is 1. The number of amides is 1. The highest BCUT2D eigenvalue weighted by Crippen LogP contribution is 2.47. The van der Waals surface area contributed by atoms with Gasteiger partial charge in [-0.05, 0) is 31.7 Å². The van der Waals surface area contributed by atoms with Gasteiger partial charge in [0.1, 0.15) is 5.00 Å². The lowest BCUT2D eigenvalue weighted by Crippen LogP contribution is -2.57. The van der Waals surface area contributed by atoms with E-state index in [1.807, 2.05) is 0 Å². The maximum atomic E-state index is 13.5. The standard InChI is InChI=1S/C14H12F7NO3S/c1-2-25-10(23)8-6-4-3-5-7(6)26-9(8)22-11(24)12(15,16)13(17,18)14(19,20)21/h2-5H2,1H3,(H,22,24). The Bertz CT molecular complexity index is 727. The van der Waals surface area contributed by atoms with E-state index in [0.29, 0.717) is 41.0 Å². The number of thiophene rings is 1. The van der Waals surface area contributed by atoms with Crippen LogP contribution in [0.2, 0.25) is 0 Å². The molecule has 0 fully saturated rings. The molecule has 1 aliphatic carbocycles. The molecule has 4 nitrogen and oxygen atoms in total. The monoisotopic (exact) mass is 407 g/mol. The van der Waals surface area contributed by atoms with Crippen molar-refractivity contribution < 1.29 is 45.1 Å². The SMILES string of the molecule is CCOC(=O)c1c(NC(=O)C(F)(F)C(F)(F)C(F)(F)F)sc2c1CCC2. The van der Waals surface area contributed by atoms with Gasteiger partial charge in [-0.1, -0.05) is 0 Å². The first-order chi connectivity index (χ1) is 11.8. The van der Waals surface area contributed by atoms with Crippen molar-refractivity contribution in [1.82, 2.24) is 0 Å². The van der Waals surface area contributed by atoms with E-state index < -0.39 is 34.9 Å². The van der Waals surface area contributed by atoms with E-state index in [0.717, 1.165) is 0 Å². The number of fused-ring (bicyclic) bond motifs is 1. The summed E-state index contributed by atoms with van der Waals surface area (Å²) in [7, 11) is 0. The Morgan fingerprint density at radius 2 is 1.73 bits per heavy atom. The van der Waals surface area contributed by atoms with Crippen LogP contribution < -0.4 is 5.32 Å². The summed E-state index contributed by atoms with van der Waals surface area (Å²) in [5.74, 6) is -16.5. The van der Waals surface area contributed by atoms with Gasteiger partial charge in [-0.2, -0.15) is 30.7 Å². The van der Waals surface area contributed by atoms with E-state index in [4.69, 9.17) is 4.74 Å². The van der Waals surface area contributed by atoms with Crippen LogP contribution in [0.5, 0.6) is 0 Å². The molecule has 0 radical (unpaired) electrons. The van der Waals surface area contributed by atoms with Crippen LogP contribution in [0, 0.1) is 0 Å². The zero-order valence-electron chi connectivity index (χ0n) is 13.1. The van der Waals surface area contributed by atoms with Gasteiger partial charge in [-0.15, -0.1) is 11.3 Å². The minimum Gasteiger partial charge on any atom is -0.462 e. The summed E-state index contributed by atoms with van der Waals surface area (Å²) in [5, 5.41) is 0.815. The maximum Gasteiger partial charge on any atom is 0.460 e. The number of alkyl halides is 7. The van der Waals surface area contributed by atoms with Crippen LogP contribution in [0.1, 0.15) is 34.1 Å². The lowest BCUT2D eigenvalue weighted by Gasteiger charge is -2.26. The first-order valence-corrected chi connectivity index (χ1v) is 8.11. The molecule has 0 aromatic carbocycles. The molecule has 0 unspecified atom stereocenters. The first-order valence-electron chi connectivity index (χ1n) is 7.30. The van der Waals surface area contributed by atoms with Crippen molar-refractivity contribution in [3.05, 3.63) is 16.0 Å². The van der Waals surface area contributed by atoms with Gasteiger partial charge in [0.25, 0.3) is 0 Å². The van der Waals surface area contributed by atoms with Gasteiger partial charge in [0.15, 0.2) is 0 Å². The number of ether oxygens (including phenoxy) is 1. The van der Waals surface area contributed by atoms with E-state index in [2.05, 4.69) is 0 Å². The average Bonchev–Trinajstić information content (AvgIpc) is 3.06. The van der Waals surface area contributed by atoms with E-state index >= 15 is 0 Å². The van der Waals surface area contributed by atoms with Crippen LogP contribution in [-0.2, 0) is 22.4 Å². The van der Waals surface area contributed by atoms with Gasteiger partial charge in [0.2, 0.25) is 0 Å². The summed E-state index contributed by atoms with van der Waals surface area (Å²) in [6, 6.07) is 0. The molecule has 1 amide bonds. The van der Waals surface area contributed by atoms with Crippen molar-refractivity contribution in [2.75, 3.05) is 11.9 Å². The van der Waals surface area contributed by atoms with E-state index in [9.17, 15) is 40.3 Å². The molecule has 12 heteroatoms. The normalized spacial score (nSPS) is 14.9. The van der Waals surface area contributed by atoms with Crippen LogP contribution in [0.25, 0.3) is 0 Å². The smallest absolute Gasteiger partial charge is 0.460 e. The van der Waals surface area contributed by atoms with Crippen molar-refractivity contribution in [1.29, 1.82) is 0 Å². The van der Waals surface area contributed by atoms with Gasteiger partial charge in [0, 0.05) is 4.88 Å². The first kappa shape index (κ1) is 20.5. The van der Waals surface area contributed by atoms with E-state index in [1.165, 1.54) is 12.2 Å². The number of rotatable bonds is 5. The van der Waals surface area contributed by atoms with Crippen molar-refractivity contribution in [2.24, 2.45) is 0 Å². The number of nitrogens with one attached hydrogen (secondary N) is 1. The molecule has 0 spiro atoms. The predicted molar refractivity (Wildman–Crippen MR) is 76.9 cm³/mol. The van der Waals surface area contributed by atoms with E-state index in [1.54, 1.807) is 0 Å². The minimum atomic E-state index is -6.63. The molecule has 1 aromatic rings. The van der Waals surface area contributed by atoms with Crippen LogP contribution in [-0.4, -0.2) is 36.5 Å². The summed E-state index contributed by atoms with van der Waals surface area (Å²) in [5.41, 5.74) is 0.124. The van der Waals surface area contributed by atoms with Crippen LogP contribution in [0.3, 0.4) is 0 Å². The van der Waals surface area contributed by atoms with Crippen LogP contribution >= 0.6 is 11.3 Å². The van der Waals surface area contributed by atoms with Gasteiger partial charge in [-0.3, -0.25) is 4.79 Å². The number of carbonyl (C=O) groups is 2. The Balaban J connectivity index is 2.37. The quantitative estimate of drug-likeness (QED) is 0.589. The second kappa shape index (κ2) is 6.71. The lowest BCUT2D eigenvalue weighted by atomic mass is 10.1. The van der Waals surface area contributed by atoms with Crippen molar-refractivity contribution >= 4 is 28.2 Å². The fraction of sp³-hybridized carbons (Fsp3) is 0.571. The molecule has 26 heavy (non-hydrogen) atoms. The van der Waals surface area contributed by atoms with Crippen molar-refractivity contribution in [2.45, 2.75) is 44.2 Å².